The maximum atomic E-state index is 12.2. The van der Waals surface area contributed by atoms with Crippen LogP contribution >= 0.6 is 0 Å². The molecule has 1 saturated heterocycles. The molecule has 8 nitrogen and oxygen atoms in total. The van der Waals surface area contributed by atoms with Crippen LogP contribution in [0.4, 0.5) is 16.3 Å². The van der Waals surface area contributed by atoms with Gasteiger partial charge in [-0.3, -0.25) is 10.2 Å². The van der Waals surface area contributed by atoms with Crippen molar-refractivity contribution in [3.05, 3.63) is 36.1 Å². The molecule has 3 rings (SSSR count). The second-order valence-electron chi connectivity index (χ2n) is 8.43. The molecule has 0 spiro atoms. The predicted molar refractivity (Wildman–Crippen MR) is 114 cm³/mol. The molecular weight excluding hydrogens is 370 g/mol. The number of nitrogens with zero attached hydrogens (tertiary/aromatic N) is 2. The first kappa shape index (κ1) is 21.1. The normalized spacial score (nSPS) is 17.7. The van der Waals surface area contributed by atoms with Crippen LogP contribution in [0.25, 0.3) is 0 Å². The van der Waals surface area contributed by atoms with Gasteiger partial charge >= 0.3 is 6.03 Å². The Kier molecular flexibility index (Phi) is 6.76. The molecule has 3 N–H and O–H groups in total. The molecule has 0 bridgehead atoms. The van der Waals surface area contributed by atoms with Crippen molar-refractivity contribution in [3.63, 3.8) is 0 Å². The van der Waals surface area contributed by atoms with Gasteiger partial charge in [-0.2, -0.15) is 0 Å². The Morgan fingerprint density at radius 2 is 2.07 bits per heavy atom. The molecule has 0 aliphatic carbocycles. The molecule has 29 heavy (non-hydrogen) atoms. The Bertz CT molecular complexity index is 797. The Hall–Kier alpha value is -2.58. The molecule has 2 heterocycles. The number of aromatic nitrogens is 1. The van der Waals surface area contributed by atoms with Gasteiger partial charge in [0.1, 0.15) is 18.1 Å². The largest absolute Gasteiger partial charge is 0.492 e. The van der Waals surface area contributed by atoms with Crippen LogP contribution in [0.5, 0.6) is 5.75 Å². The molecule has 8 heteroatoms. The van der Waals surface area contributed by atoms with Crippen LogP contribution in [-0.4, -0.2) is 54.9 Å². The first-order valence-electron chi connectivity index (χ1n) is 10.0. The first-order chi connectivity index (χ1) is 13.8. The summed E-state index contributed by atoms with van der Waals surface area (Å²) in [6.45, 7) is 12.9. The number of benzene rings is 1. The third-order valence-corrected chi connectivity index (χ3v) is 4.73. The van der Waals surface area contributed by atoms with Gasteiger partial charge < -0.3 is 19.9 Å². The summed E-state index contributed by atoms with van der Waals surface area (Å²) in [5.41, 5.74) is 0.507. The van der Waals surface area contributed by atoms with E-state index in [-0.39, 0.29) is 11.4 Å². The highest BCUT2D eigenvalue weighted by Gasteiger charge is 2.20. The minimum absolute atomic E-state index is 0.164. The van der Waals surface area contributed by atoms with Crippen LogP contribution in [-0.2, 0) is 5.41 Å². The van der Waals surface area contributed by atoms with Gasteiger partial charge in [0.15, 0.2) is 5.82 Å². The number of ether oxygens (including phenoxy) is 1. The van der Waals surface area contributed by atoms with Crippen LogP contribution in [0.15, 0.2) is 34.9 Å². The van der Waals surface area contributed by atoms with Crippen molar-refractivity contribution in [2.75, 3.05) is 43.4 Å². The lowest BCUT2D eigenvalue weighted by Gasteiger charge is -2.31. The zero-order valence-corrected chi connectivity index (χ0v) is 17.6. The Balaban J connectivity index is 1.42. The smallest absolute Gasteiger partial charge is 0.324 e. The fourth-order valence-electron chi connectivity index (χ4n) is 3.11. The summed E-state index contributed by atoms with van der Waals surface area (Å²) in [5, 5.41) is 12.8. The summed E-state index contributed by atoms with van der Waals surface area (Å²) in [6.07, 6.45) is 0. The van der Waals surface area contributed by atoms with E-state index >= 15 is 0 Å². The standard InChI is InChI=1S/C21H31N5O3/c1-15-14-26(10-9-22-15)11-12-28-17-7-5-16(6-8-17)23-20(27)24-19-13-18(29-25-19)21(2,3)4/h5-8,13,15,22H,9-12,14H2,1-4H3,(H2,23,24,25,27). The van der Waals surface area contributed by atoms with Crippen LogP contribution in [0.1, 0.15) is 33.5 Å². The number of carbonyl (C=O) groups excluding carboxylic acids is 1. The average molecular weight is 402 g/mol. The summed E-state index contributed by atoms with van der Waals surface area (Å²) in [7, 11) is 0. The lowest BCUT2D eigenvalue weighted by molar-refractivity contribution is 0.170. The Morgan fingerprint density at radius 3 is 2.72 bits per heavy atom. The molecule has 158 valence electrons. The number of anilines is 2. The summed E-state index contributed by atoms with van der Waals surface area (Å²) < 4.78 is 11.1. The second-order valence-corrected chi connectivity index (χ2v) is 8.43. The van der Waals surface area contributed by atoms with Gasteiger partial charge in [-0.05, 0) is 31.2 Å². The maximum Gasteiger partial charge on any atom is 0.324 e. The molecule has 1 fully saturated rings. The van der Waals surface area contributed by atoms with E-state index in [1.807, 2.05) is 45.0 Å². The van der Waals surface area contributed by atoms with Gasteiger partial charge in [-0.15, -0.1) is 0 Å². The first-order valence-corrected chi connectivity index (χ1v) is 10.0. The third-order valence-electron chi connectivity index (χ3n) is 4.73. The molecule has 2 amide bonds. The molecule has 1 aromatic heterocycles. The van der Waals surface area contributed by atoms with Crippen molar-refractivity contribution in [3.8, 4) is 5.75 Å². The van der Waals surface area contributed by atoms with E-state index in [4.69, 9.17) is 9.26 Å². The quantitative estimate of drug-likeness (QED) is 0.688. The van der Waals surface area contributed by atoms with Crippen molar-refractivity contribution in [2.24, 2.45) is 0 Å². The average Bonchev–Trinajstić information content (AvgIpc) is 3.12. The number of nitrogens with one attached hydrogen (secondary N) is 3. The van der Waals surface area contributed by atoms with E-state index in [9.17, 15) is 4.79 Å². The van der Waals surface area contributed by atoms with Crippen molar-refractivity contribution < 1.29 is 14.1 Å². The fourth-order valence-corrected chi connectivity index (χ4v) is 3.11. The number of hydrogen-bond donors (Lipinski definition) is 3. The van der Waals surface area contributed by atoms with E-state index in [0.29, 0.717) is 29.9 Å². The van der Waals surface area contributed by atoms with Gasteiger partial charge in [0.05, 0.1) is 0 Å². The highest BCUT2D eigenvalue weighted by molar-refractivity contribution is 5.99. The van der Waals surface area contributed by atoms with Crippen LogP contribution in [0, 0.1) is 0 Å². The predicted octanol–water partition coefficient (Wildman–Crippen LogP) is 3.29. The third kappa shape index (κ3) is 6.47. The highest BCUT2D eigenvalue weighted by Crippen LogP contribution is 2.24. The molecule has 2 aromatic rings. The zero-order chi connectivity index (χ0) is 20.9. The van der Waals surface area contributed by atoms with Crippen LogP contribution < -0.4 is 20.7 Å². The number of rotatable bonds is 6. The topological polar surface area (TPSA) is 91.7 Å². The highest BCUT2D eigenvalue weighted by atomic mass is 16.5. The summed E-state index contributed by atoms with van der Waals surface area (Å²) in [6, 6.07) is 9.21. The minimum Gasteiger partial charge on any atom is -0.492 e. The molecule has 1 aliphatic heterocycles. The van der Waals surface area contributed by atoms with E-state index in [0.717, 1.165) is 31.9 Å². The van der Waals surface area contributed by atoms with Gasteiger partial charge in [0.2, 0.25) is 0 Å². The molecular formula is C21H31N5O3. The van der Waals surface area contributed by atoms with Gasteiger partial charge in [0, 0.05) is 49.4 Å². The number of hydrogen-bond acceptors (Lipinski definition) is 6. The van der Waals surface area contributed by atoms with E-state index in [1.54, 1.807) is 6.07 Å². The second kappa shape index (κ2) is 9.28. The summed E-state index contributed by atoms with van der Waals surface area (Å²) in [4.78, 5) is 14.6. The van der Waals surface area contributed by atoms with E-state index < -0.39 is 0 Å². The lowest BCUT2D eigenvalue weighted by Crippen LogP contribution is -2.50. The number of piperazine rings is 1. The van der Waals surface area contributed by atoms with E-state index in [1.165, 1.54) is 0 Å². The van der Waals surface area contributed by atoms with Crippen LogP contribution in [0.3, 0.4) is 0 Å². The minimum atomic E-state index is -0.375. The molecule has 1 aromatic carbocycles. The van der Waals surface area contributed by atoms with Crippen molar-refractivity contribution in [2.45, 2.75) is 39.2 Å². The molecule has 1 atom stereocenters. The van der Waals surface area contributed by atoms with Gasteiger partial charge in [-0.25, -0.2) is 4.79 Å². The SMILES string of the molecule is CC1CN(CCOc2ccc(NC(=O)Nc3cc(C(C)(C)C)on3)cc2)CCN1. The molecule has 1 unspecified atom stereocenters. The van der Waals surface area contributed by atoms with E-state index in [2.05, 4.69) is 32.9 Å². The fraction of sp³-hybridized carbons (Fsp3) is 0.524. The van der Waals surface area contributed by atoms with Crippen molar-refractivity contribution >= 4 is 17.5 Å². The number of urea groups is 1. The number of carbonyl (C=O) groups is 1. The van der Waals surface area contributed by atoms with Gasteiger partial charge in [-0.1, -0.05) is 25.9 Å². The monoisotopic (exact) mass is 401 g/mol. The maximum absolute atomic E-state index is 12.2. The molecule has 1 aliphatic rings. The summed E-state index contributed by atoms with van der Waals surface area (Å²) >= 11 is 0. The van der Waals surface area contributed by atoms with Crippen molar-refractivity contribution in [1.82, 2.24) is 15.4 Å². The van der Waals surface area contributed by atoms with Crippen molar-refractivity contribution in [1.29, 1.82) is 0 Å². The molecule has 0 radical (unpaired) electrons. The van der Waals surface area contributed by atoms with Gasteiger partial charge in [0.25, 0.3) is 0 Å². The lowest BCUT2D eigenvalue weighted by atomic mass is 9.93. The zero-order valence-electron chi connectivity index (χ0n) is 17.6. The Morgan fingerprint density at radius 1 is 1.31 bits per heavy atom. The Labute approximate surface area is 172 Å². The molecule has 0 saturated carbocycles. The summed E-state index contributed by atoms with van der Waals surface area (Å²) in [5.74, 6) is 1.88. The number of amides is 2. The van der Waals surface area contributed by atoms with Crippen LogP contribution in [0.2, 0.25) is 0 Å².